The molecule has 0 radical (unpaired) electrons. The van der Waals surface area contributed by atoms with Crippen LogP contribution in [0.2, 0.25) is 10.0 Å². The second-order valence-corrected chi connectivity index (χ2v) is 7.32. The molecule has 0 amide bonds. The van der Waals surface area contributed by atoms with Gasteiger partial charge in [0.25, 0.3) is 0 Å². The molecular weight excluding hydrogens is 375 g/mol. The normalized spacial score (nSPS) is 13.2. The first-order valence-electron chi connectivity index (χ1n) is 8.13. The van der Waals surface area contributed by atoms with Crippen LogP contribution in [0, 0.1) is 5.92 Å². The third-order valence-electron chi connectivity index (χ3n) is 4.20. The highest BCUT2D eigenvalue weighted by molar-refractivity contribution is 6.30. The molecule has 0 bridgehead atoms. The fourth-order valence-electron chi connectivity index (χ4n) is 2.05. The van der Waals surface area contributed by atoms with Crippen molar-refractivity contribution in [3.05, 3.63) is 69.7 Å². The molecule has 0 saturated carbocycles. The van der Waals surface area contributed by atoms with E-state index in [-0.39, 0.29) is 12.5 Å². The number of benzene rings is 2. The van der Waals surface area contributed by atoms with Crippen molar-refractivity contribution in [2.24, 2.45) is 5.92 Å². The molecule has 0 saturated heterocycles. The average molecular weight is 395 g/mol. The van der Waals surface area contributed by atoms with E-state index in [2.05, 4.69) is 0 Å². The molecule has 6 heteroatoms. The smallest absolute Gasteiger partial charge is 0.338 e. The molecule has 138 valence electrons. The van der Waals surface area contributed by atoms with Crippen LogP contribution >= 0.6 is 23.2 Å². The lowest BCUT2D eigenvalue weighted by Crippen LogP contribution is -2.42. The van der Waals surface area contributed by atoms with E-state index < -0.39 is 17.5 Å². The molecule has 1 atom stereocenters. The van der Waals surface area contributed by atoms with Crippen LogP contribution in [-0.2, 0) is 9.47 Å². The maximum atomic E-state index is 12.4. The summed E-state index contributed by atoms with van der Waals surface area (Å²) in [6.07, 6.45) is 0. The van der Waals surface area contributed by atoms with E-state index in [0.29, 0.717) is 21.2 Å². The van der Waals surface area contributed by atoms with E-state index in [1.165, 1.54) is 0 Å². The van der Waals surface area contributed by atoms with E-state index in [0.717, 1.165) is 0 Å². The van der Waals surface area contributed by atoms with E-state index in [1.54, 1.807) is 55.5 Å². The number of rotatable bonds is 6. The maximum absolute atomic E-state index is 12.4. The summed E-state index contributed by atoms with van der Waals surface area (Å²) in [4.78, 5) is 24.6. The van der Waals surface area contributed by atoms with Crippen molar-refractivity contribution in [1.29, 1.82) is 0 Å². The Morgan fingerprint density at radius 2 is 1.31 bits per heavy atom. The van der Waals surface area contributed by atoms with Crippen LogP contribution in [0.15, 0.2) is 48.5 Å². The molecule has 26 heavy (non-hydrogen) atoms. The fraction of sp³-hybridized carbons (Fsp3) is 0.300. The highest BCUT2D eigenvalue weighted by Gasteiger charge is 2.35. The molecule has 0 N–H and O–H groups in total. The Kier molecular flexibility index (Phi) is 6.68. The second kappa shape index (κ2) is 8.56. The zero-order valence-corrected chi connectivity index (χ0v) is 16.3. The summed E-state index contributed by atoms with van der Waals surface area (Å²) in [7, 11) is 0. The first-order valence-corrected chi connectivity index (χ1v) is 8.88. The minimum atomic E-state index is -0.973. The molecule has 0 aliphatic heterocycles. The van der Waals surface area contributed by atoms with Gasteiger partial charge in [0.1, 0.15) is 12.2 Å². The van der Waals surface area contributed by atoms with Crippen LogP contribution in [0.25, 0.3) is 0 Å². The molecule has 2 rings (SSSR count). The predicted octanol–water partition coefficient (Wildman–Crippen LogP) is 5.42. The predicted molar refractivity (Wildman–Crippen MR) is 102 cm³/mol. The van der Waals surface area contributed by atoms with Crippen LogP contribution in [0.4, 0.5) is 0 Å². The van der Waals surface area contributed by atoms with Crippen molar-refractivity contribution in [3.63, 3.8) is 0 Å². The lowest BCUT2D eigenvalue weighted by Gasteiger charge is -2.32. The van der Waals surface area contributed by atoms with Crippen molar-refractivity contribution in [2.75, 3.05) is 6.61 Å². The minimum Gasteiger partial charge on any atom is -0.458 e. The van der Waals surface area contributed by atoms with Gasteiger partial charge in [0.05, 0.1) is 11.1 Å². The minimum absolute atomic E-state index is 0.0640. The molecular formula is C20H20Cl2O4. The summed E-state index contributed by atoms with van der Waals surface area (Å²) in [5.41, 5.74) is -0.214. The quantitative estimate of drug-likeness (QED) is 0.613. The standard InChI is InChI=1S/C20H20Cl2O4/c1-13(2)20(3,26-19(24)15-6-10-17(22)11-7-15)12-25-18(23)14-4-8-16(21)9-5-14/h4-11,13H,12H2,1-3H3. The molecule has 2 aromatic rings. The maximum Gasteiger partial charge on any atom is 0.338 e. The molecule has 0 aliphatic carbocycles. The molecule has 1 unspecified atom stereocenters. The molecule has 4 nitrogen and oxygen atoms in total. The van der Waals surface area contributed by atoms with Gasteiger partial charge in [-0.15, -0.1) is 0 Å². The van der Waals surface area contributed by atoms with Crippen molar-refractivity contribution in [3.8, 4) is 0 Å². The fourth-order valence-corrected chi connectivity index (χ4v) is 2.30. The third kappa shape index (κ3) is 5.23. The lowest BCUT2D eigenvalue weighted by molar-refractivity contribution is -0.0685. The summed E-state index contributed by atoms with van der Waals surface area (Å²) >= 11 is 11.6. The van der Waals surface area contributed by atoms with Gasteiger partial charge < -0.3 is 9.47 Å². The van der Waals surface area contributed by atoms with E-state index >= 15 is 0 Å². The Balaban J connectivity index is 2.06. The van der Waals surface area contributed by atoms with E-state index in [1.807, 2.05) is 13.8 Å². The Morgan fingerprint density at radius 1 is 0.885 bits per heavy atom. The van der Waals surface area contributed by atoms with Crippen molar-refractivity contribution >= 4 is 35.1 Å². The van der Waals surface area contributed by atoms with Gasteiger partial charge in [0, 0.05) is 10.0 Å². The number of hydrogen-bond acceptors (Lipinski definition) is 4. The van der Waals surface area contributed by atoms with Gasteiger partial charge in [0.15, 0.2) is 0 Å². The van der Waals surface area contributed by atoms with Gasteiger partial charge >= 0.3 is 11.9 Å². The highest BCUT2D eigenvalue weighted by Crippen LogP contribution is 2.25. The van der Waals surface area contributed by atoms with Crippen LogP contribution in [-0.4, -0.2) is 24.1 Å². The van der Waals surface area contributed by atoms with Gasteiger partial charge in [-0.05, 0) is 61.4 Å². The van der Waals surface area contributed by atoms with Crippen LogP contribution < -0.4 is 0 Å². The summed E-state index contributed by atoms with van der Waals surface area (Å²) in [6, 6.07) is 12.8. The summed E-state index contributed by atoms with van der Waals surface area (Å²) in [5.74, 6) is -1.08. The highest BCUT2D eigenvalue weighted by atomic mass is 35.5. The number of esters is 2. The summed E-state index contributed by atoms with van der Waals surface area (Å²) in [6.45, 7) is 5.46. The first-order chi connectivity index (χ1) is 12.2. The Morgan fingerprint density at radius 3 is 1.73 bits per heavy atom. The van der Waals surface area contributed by atoms with Crippen LogP contribution in [0.3, 0.4) is 0 Å². The van der Waals surface area contributed by atoms with Crippen molar-refractivity contribution in [1.82, 2.24) is 0 Å². The van der Waals surface area contributed by atoms with E-state index in [4.69, 9.17) is 32.7 Å². The summed E-state index contributed by atoms with van der Waals surface area (Å²) in [5, 5.41) is 1.07. The second-order valence-electron chi connectivity index (χ2n) is 6.45. The van der Waals surface area contributed by atoms with Gasteiger partial charge in [-0.25, -0.2) is 9.59 Å². The molecule has 0 aromatic heterocycles. The van der Waals surface area contributed by atoms with E-state index in [9.17, 15) is 9.59 Å². The topological polar surface area (TPSA) is 52.6 Å². The number of halogens is 2. The number of ether oxygens (including phenoxy) is 2. The average Bonchev–Trinajstić information content (AvgIpc) is 2.60. The molecule has 0 heterocycles. The molecule has 2 aromatic carbocycles. The number of carbonyl (C=O) groups is 2. The summed E-state index contributed by atoms with van der Waals surface area (Å²) < 4.78 is 11.0. The first kappa shape index (κ1) is 20.3. The van der Waals surface area contributed by atoms with Gasteiger partial charge in [0.2, 0.25) is 0 Å². The SMILES string of the molecule is CC(C)C(C)(COC(=O)c1ccc(Cl)cc1)OC(=O)c1ccc(Cl)cc1. The monoisotopic (exact) mass is 394 g/mol. The zero-order chi connectivity index (χ0) is 19.3. The number of hydrogen-bond donors (Lipinski definition) is 0. The molecule has 0 fully saturated rings. The molecule has 0 aliphatic rings. The van der Waals surface area contributed by atoms with Crippen molar-refractivity contribution < 1.29 is 19.1 Å². The third-order valence-corrected chi connectivity index (χ3v) is 4.70. The molecule has 0 spiro atoms. The van der Waals surface area contributed by atoms with Gasteiger partial charge in [-0.3, -0.25) is 0 Å². The van der Waals surface area contributed by atoms with Gasteiger partial charge in [-0.2, -0.15) is 0 Å². The largest absolute Gasteiger partial charge is 0.458 e. The van der Waals surface area contributed by atoms with Crippen molar-refractivity contribution in [2.45, 2.75) is 26.4 Å². The lowest BCUT2D eigenvalue weighted by atomic mass is 9.93. The van der Waals surface area contributed by atoms with Crippen LogP contribution in [0.1, 0.15) is 41.5 Å². The zero-order valence-electron chi connectivity index (χ0n) is 14.8. The van der Waals surface area contributed by atoms with Crippen LogP contribution in [0.5, 0.6) is 0 Å². The Hall–Kier alpha value is -2.04. The Labute approximate surface area is 163 Å². The number of carbonyl (C=O) groups excluding carboxylic acids is 2. The Bertz CT molecular complexity index is 769. The van der Waals surface area contributed by atoms with Gasteiger partial charge in [-0.1, -0.05) is 37.0 Å².